The smallest absolute Gasteiger partial charge is 0.209 e. The molecule has 0 unspecified atom stereocenters. The topological polar surface area (TPSA) is 55.0 Å². The van der Waals surface area contributed by atoms with E-state index in [-0.39, 0.29) is 0 Å². The van der Waals surface area contributed by atoms with Gasteiger partial charge < -0.3 is 10.6 Å². The summed E-state index contributed by atoms with van der Waals surface area (Å²) in [6.45, 7) is 0. The summed E-state index contributed by atoms with van der Waals surface area (Å²) >= 11 is 1.38. The number of nitrogen functional groups attached to an aromatic ring is 1. The zero-order valence-corrected chi connectivity index (χ0v) is 6.14. The summed E-state index contributed by atoms with van der Waals surface area (Å²) in [7, 11) is 3.81. The highest BCUT2D eigenvalue weighted by atomic mass is 32.1. The molecule has 1 heterocycles. The number of anilines is 2. The Hall–Kier alpha value is -0.840. The number of rotatable bonds is 1. The van der Waals surface area contributed by atoms with Gasteiger partial charge in [0, 0.05) is 14.1 Å². The van der Waals surface area contributed by atoms with Gasteiger partial charge in [0.05, 0.1) is 0 Å². The van der Waals surface area contributed by atoms with Crippen molar-refractivity contribution in [1.82, 2.24) is 10.2 Å². The molecule has 0 aliphatic heterocycles. The number of nitrogens with two attached hydrogens (primary N) is 1. The molecule has 5 heteroatoms. The molecule has 0 amide bonds. The number of hydrogen-bond donors (Lipinski definition) is 1. The minimum absolute atomic E-state index is 0.513. The molecular weight excluding hydrogens is 136 g/mol. The maximum atomic E-state index is 5.33. The van der Waals surface area contributed by atoms with Crippen molar-refractivity contribution in [3.8, 4) is 0 Å². The first kappa shape index (κ1) is 6.28. The summed E-state index contributed by atoms with van der Waals surface area (Å²) in [5.74, 6) is 0. The lowest BCUT2D eigenvalue weighted by Crippen LogP contribution is -2.07. The zero-order chi connectivity index (χ0) is 6.85. The molecule has 0 aliphatic carbocycles. The molecule has 0 aromatic carbocycles. The van der Waals surface area contributed by atoms with Crippen LogP contribution in [0.15, 0.2) is 0 Å². The van der Waals surface area contributed by atoms with Gasteiger partial charge in [0.15, 0.2) is 0 Å². The van der Waals surface area contributed by atoms with Gasteiger partial charge in [-0.25, -0.2) is 0 Å². The first-order chi connectivity index (χ1) is 4.20. The molecular formula is C4H8N4S. The minimum Gasteiger partial charge on any atom is -0.374 e. The van der Waals surface area contributed by atoms with Crippen LogP contribution in [0, 0.1) is 0 Å². The van der Waals surface area contributed by atoms with Crippen molar-refractivity contribution in [1.29, 1.82) is 0 Å². The van der Waals surface area contributed by atoms with E-state index in [0.29, 0.717) is 5.13 Å². The molecule has 0 atom stereocenters. The number of nitrogens with zero attached hydrogens (tertiary/aromatic N) is 3. The highest BCUT2D eigenvalue weighted by molar-refractivity contribution is 7.18. The average Bonchev–Trinajstić information content (AvgIpc) is 2.14. The Morgan fingerprint density at radius 1 is 1.44 bits per heavy atom. The van der Waals surface area contributed by atoms with Gasteiger partial charge in [0.1, 0.15) is 0 Å². The van der Waals surface area contributed by atoms with E-state index in [1.807, 2.05) is 19.0 Å². The van der Waals surface area contributed by atoms with Crippen LogP contribution in [0.1, 0.15) is 0 Å². The van der Waals surface area contributed by atoms with Crippen LogP contribution in [-0.2, 0) is 0 Å². The number of aromatic nitrogens is 2. The molecule has 0 fully saturated rings. The van der Waals surface area contributed by atoms with E-state index < -0.39 is 0 Å². The van der Waals surface area contributed by atoms with E-state index in [1.165, 1.54) is 11.3 Å². The Balaban J connectivity index is 2.85. The monoisotopic (exact) mass is 144 g/mol. The van der Waals surface area contributed by atoms with Crippen molar-refractivity contribution >= 4 is 21.6 Å². The molecule has 2 N–H and O–H groups in total. The fourth-order valence-corrected chi connectivity index (χ4v) is 0.940. The molecule has 0 bridgehead atoms. The molecule has 50 valence electrons. The summed E-state index contributed by atoms with van der Waals surface area (Å²) < 4.78 is 0. The Labute approximate surface area is 57.3 Å². The SMILES string of the molecule is CN(C)c1nnc(N)s1. The summed E-state index contributed by atoms with van der Waals surface area (Å²) in [5.41, 5.74) is 5.33. The van der Waals surface area contributed by atoms with Gasteiger partial charge in [-0.05, 0) is 0 Å². The third-order valence-corrected chi connectivity index (χ3v) is 1.73. The van der Waals surface area contributed by atoms with Crippen molar-refractivity contribution in [2.45, 2.75) is 0 Å². The zero-order valence-electron chi connectivity index (χ0n) is 5.33. The Bertz CT molecular complexity index is 194. The Morgan fingerprint density at radius 2 is 2.11 bits per heavy atom. The van der Waals surface area contributed by atoms with E-state index in [4.69, 9.17) is 5.73 Å². The summed E-state index contributed by atoms with van der Waals surface area (Å²) in [6, 6.07) is 0. The second-order valence-electron chi connectivity index (χ2n) is 1.82. The normalized spacial score (nSPS) is 9.56. The average molecular weight is 144 g/mol. The second-order valence-corrected chi connectivity index (χ2v) is 2.80. The Morgan fingerprint density at radius 3 is 2.33 bits per heavy atom. The van der Waals surface area contributed by atoms with Gasteiger partial charge in [0.25, 0.3) is 0 Å². The molecule has 1 aromatic rings. The lowest BCUT2D eigenvalue weighted by Gasteiger charge is -2.03. The first-order valence-corrected chi connectivity index (χ1v) is 3.28. The van der Waals surface area contributed by atoms with E-state index in [1.54, 1.807) is 0 Å². The fourth-order valence-electron chi connectivity index (χ4n) is 0.407. The molecule has 1 aromatic heterocycles. The van der Waals surface area contributed by atoms with Crippen LogP contribution >= 0.6 is 11.3 Å². The lowest BCUT2D eigenvalue weighted by atomic mass is 10.9. The molecule has 0 saturated heterocycles. The maximum absolute atomic E-state index is 5.33. The predicted octanol–water partition coefficient (Wildman–Crippen LogP) is 0.186. The van der Waals surface area contributed by atoms with Crippen LogP contribution in [0.25, 0.3) is 0 Å². The van der Waals surface area contributed by atoms with E-state index in [2.05, 4.69) is 10.2 Å². The van der Waals surface area contributed by atoms with Crippen LogP contribution in [0.4, 0.5) is 10.3 Å². The molecule has 0 saturated carbocycles. The van der Waals surface area contributed by atoms with Gasteiger partial charge in [-0.1, -0.05) is 11.3 Å². The van der Waals surface area contributed by atoms with Gasteiger partial charge in [0.2, 0.25) is 10.3 Å². The van der Waals surface area contributed by atoms with E-state index >= 15 is 0 Å². The van der Waals surface area contributed by atoms with Gasteiger partial charge in [-0.15, -0.1) is 10.2 Å². The molecule has 4 nitrogen and oxygen atoms in total. The minimum atomic E-state index is 0.513. The summed E-state index contributed by atoms with van der Waals surface area (Å²) in [4.78, 5) is 1.87. The first-order valence-electron chi connectivity index (χ1n) is 2.46. The van der Waals surface area contributed by atoms with E-state index in [0.717, 1.165) is 5.13 Å². The van der Waals surface area contributed by atoms with Crippen LogP contribution < -0.4 is 10.6 Å². The van der Waals surface area contributed by atoms with E-state index in [9.17, 15) is 0 Å². The summed E-state index contributed by atoms with van der Waals surface area (Å²) in [5, 5.41) is 8.78. The predicted molar refractivity (Wildman–Crippen MR) is 38.6 cm³/mol. The molecule has 1 rings (SSSR count). The van der Waals surface area contributed by atoms with Crippen molar-refractivity contribution < 1.29 is 0 Å². The largest absolute Gasteiger partial charge is 0.374 e. The molecule has 0 radical (unpaired) electrons. The number of hydrogen-bond acceptors (Lipinski definition) is 5. The van der Waals surface area contributed by atoms with Crippen molar-refractivity contribution in [2.75, 3.05) is 24.7 Å². The maximum Gasteiger partial charge on any atom is 0.209 e. The third-order valence-electron chi connectivity index (χ3n) is 0.813. The van der Waals surface area contributed by atoms with Crippen LogP contribution in [0.3, 0.4) is 0 Å². The van der Waals surface area contributed by atoms with Gasteiger partial charge >= 0.3 is 0 Å². The molecule has 0 spiro atoms. The fraction of sp³-hybridized carbons (Fsp3) is 0.500. The van der Waals surface area contributed by atoms with Crippen LogP contribution in [0.2, 0.25) is 0 Å². The highest BCUT2D eigenvalue weighted by Crippen LogP contribution is 2.18. The third kappa shape index (κ3) is 1.29. The van der Waals surface area contributed by atoms with Crippen LogP contribution in [-0.4, -0.2) is 24.3 Å². The Kier molecular flexibility index (Phi) is 1.52. The molecule has 9 heavy (non-hydrogen) atoms. The summed E-state index contributed by atoms with van der Waals surface area (Å²) in [6.07, 6.45) is 0. The van der Waals surface area contributed by atoms with Crippen molar-refractivity contribution in [3.05, 3.63) is 0 Å². The van der Waals surface area contributed by atoms with Crippen molar-refractivity contribution in [3.63, 3.8) is 0 Å². The van der Waals surface area contributed by atoms with Crippen LogP contribution in [0.5, 0.6) is 0 Å². The van der Waals surface area contributed by atoms with Crippen molar-refractivity contribution in [2.24, 2.45) is 0 Å². The quantitative estimate of drug-likeness (QED) is 0.611. The molecule has 0 aliphatic rings. The lowest BCUT2D eigenvalue weighted by molar-refractivity contribution is 1.02. The highest BCUT2D eigenvalue weighted by Gasteiger charge is 1.99. The van der Waals surface area contributed by atoms with Gasteiger partial charge in [-0.2, -0.15) is 0 Å². The van der Waals surface area contributed by atoms with Gasteiger partial charge in [-0.3, -0.25) is 0 Å². The second kappa shape index (κ2) is 2.18. The standard InChI is InChI=1S/C4H8N4S/c1-8(2)4-7-6-3(5)9-4/h1-2H3,(H2,5,6).